The number of carbonyl (C=O) groups excluding carboxylic acids is 1. The minimum absolute atomic E-state index is 0.197. The van der Waals surface area contributed by atoms with Crippen molar-refractivity contribution < 1.29 is 9.53 Å². The summed E-state index contributed by atoms with van der Waals surface area (Å²) in [6.07, 6.45) is 1.14. The minimum atomic E-state index is -0.226. The monoisotopic (exact) mass is 322 g/mol. The van der Waals surface area contributed by atoms with Gasteiger partial charge in [0.05, 0.1) is 7.11 Å². The number of ether oxygens (including phenoxy) is 1. The third-order valence-electron chi connectivity index (χ3n) is 3.17. The molecule has 0 saturated carbocycles. The number of carbonyl (C=O) groups is 1. The lowest BCUT2D eigenvalue weighted by molar-refractivity contribution is -0.140. The van der Waals surface area contributed by atoms with E-state index < -0.39 is 0 Å². The van der Waals surface area contributed by atoms with Gasteiger partial charge in [0.2, 0.25) is 0 Å². The van der Waals surface area contributed by atoms with Gasteiger partial charge in [0.15, 0.2) is 0 Å². The summed E-state index contributed by atoms with van der Waals surface area (Å²) >= 11 is 3.37. The molecular formula is C13H27BrN2O2. The fraction of sp³-hybridized carbons (Fsp3) is 0.923. The van der Waals surface area contributed by atoms with Crippen molar-refractivity contribution in [3.63, 3.8) is 0 Å². The Labute approximate surface area is 120 Å². The van der Waals surface area contributed by atoms with Gasteiger partial charge in [0.1, 0.15) is 4.83 Å². The maximum absolute atomic E-state index is 11.3. The Balaban J connectivity index is 3.93. The van der Waals surface area contributed by atoms with Gasteiger partial charge in [-0.15, -0.1) is 0 Å². The molecule has 0 N–H and O–H groups in total. The van der Waals surface area contributed by atoms with E-state index in [1.807, 2.05) is 0 Å². The molecule has 0 radical (unpaired) electrons. The number of alkyl halides is 1. The Morgan fingerprint density at radius 3 is 2.06 bits per heavy atom. The highest BCUT2D eigenvalue weighted by Gasteiger charge is 2.18. The van der Waals surface area contributed by atoms with E-state index in [1.165, 1.54) is 7.11 Å². The molecule has 1 unspecified atom stereocenters. The summed E-state index contributed by atoms with van der Waals surface area (Å²) in [5, 5.41) is 0. The summed E-state index contributed by atoms with van der Waals surface area (Å²) in [5.41, 5.74) is 0. The number of methoxy groups -OCH3 is 1. The molecule has 0 aliphatic carbocycles. The fourth-order valence-electron chi connectivity index (χ4n) is 1.87. The van der Waals surface area contributed by atoms with Crippen LogP contribution in [0.25, 0.3) is 0 Å². The number of nitrogens with zero attached hydrogens (tertiary/aromatic N) is 2. The largest absolute Gasteiger partial charge is 0.468 e. The van der Waals surface area contributed by atoms with Crippen molar-refractivity contribution in [2.24, 2.45) is 0 Å². The molecule has 0 rings (SSSR count). The van der Waals surface area contributed by atoms with Crippen molar-refractivity contribution in [2.45, 2.75) is 32.0 Å². The smallest absolute Gasteiger partial charge is 0.320 e. The first-order valence-corrected chi connectivity index (χ1v) is 7.67. The Bertz CT molecular complexity index is 223. The second kappa shape index (κ2) is 10.8. The van der Waals surface area contributed by atoms with E-state index >= 15 is 0 Å². The van der Waals surface area contributed by atoms with Crippen LogP contribution in [0.2, 0.25) is 0 Å². The molecule has 0 heterocycles. The number of hydrogen-bond donors (Lipinski definition) is 0. The second-order valence-electron chi connectivity index (χ2n) is 4.26. The molecule has 0 aromatic heterocycles. The molecule has 0 aliphatic heterocycles. The van der Waals surface area contributed by atoms with Crippen LogP contribution < -0.4 is 0 Å². The second-order valence-corrected chi connectivity index (χ2v) is 5.37. The normalized spacial score (nSPS) is 13.1. The van der Waals surface area contributed by atoms with Crippen molar-refractivity contribution in [3.8, 4) is 0 Å². The molecular weight excluding hydrogens is 296 g/mol. The van der Waals surface area contributed by atoms with E-state index in [-0.39, 0.29) is 10.8 Å². The molecule has 0 saturated heterocycles. The zero-order valence-corrected chi connectivity index (χ0v) is 13.7. The van der Waals surface area contributed by atoms with Crippen LogP contribution >= 0.6 is 15.9 Å². The van der Waals surface area contributed by atoms with Gasteiger partial charge in [-0.3, -0.25) is 4.79 Å². The quantitative estimate of drug-likeness (QED) is 0.455. The van der Waals surface area contributed by atoms with Crippen molar-refractivity contribution in [1.29, 1.82) is 0 Å². The molecule has 108 valence electrons. The van der Waals surface area contributed by atoms with Gasteiger partial charge >= 0.3 is 5.97 Å². The van der Waals surface area contributed by atoms with Gasteiger partial charge in [-0.25, -0.2) is 0 Å². The number of hydrogen-bond acceptors (Lipinski definition) is 4. The Hall–Kier alpha value is -0.130. The summed E-state index contributed by atoms with van der Waals surface area (Å²) in [6, 6.07) is 0. The maximum Gasteiger partial charge on any atom is 0.320 e. The average Bonchev–Trinajstić information content (AvgIpc) is 2.40. The molecule has 5 heteroatoms. The lowest BCUT2D eigenvalue weighted by Gasteiger charge is -2.24. The highest BCUT2D eigenvalue weighted by molar-refractivity contribution is 9.10. The third kappa shape index (κ3) is 7.34. The first-order chi connectivity index (χ1) is 8.58. The van der Waals surface area contributed by atoms with Crippen LogP contribution in [0.15, 0.2) is 0 Å². The van der Waals surface area contributed by atoms with Gasteiger partial charge in [-0.05, 0) is 39.1 Å². The van der Waals surface area contributed by atoms with Crippen molar-refractivity contribution in [2.75, 3.05) is 46.4 Å². The van der Waals surface area contributed by atoms with E-state index in [0.29, 0.717) is 6.54 Å². The van der Waals surface area contributed by atoms with Crippen molar-refractivity contribution >= 4 is 21.9 Å². The number of halogens is 1. The molecule has 1 atom stereocenters. The predicted molar refractivity (Wildman–Crippen MR) is 79.3 cm³/mol. The molecule has 0 fully saturated rings. The van der Waals surface area contributed by atoms with Crippen LogP contribution in [0.1, 0.15) is 27.2 Å². The SMILES string of the molecule is CCN(CC)CCCN(CC)CC(Br)C(=O)OC. The predicted octanol–water partition coefficient (Wildman–Crippen LogP) is 1.98. The molecule has 0 spiro atoms. The zero-order chi connectivity index (χ0) is 14.0. The number of esters is 1. The number of rotatable bonds is 10. The first-order valence-electron chi connectivity index (χ1n) is 6.75. The highest BCUT2D eigenvalue weighted by Crippen LogP contribution is 2.06. The van der Waals surface area contributed by atoms with Gasteiger partial charge in [-0.1, -0.05) is 36.7 Å². The maximum atomic E-state index is 11.3. The highest BCUT2D eigenvalue weighted by atomic mass is 79.9. The van der Waals surface area contributed by atoms with E-state index in [0.717, 1.165) is 39.1 Å². The summed E-state index contributed by atoms with van der Waals surface area (Å²) in [6.45, 7) is 12.5. The van der Waals surface area contributed by atoms with Gasteiger partial charge < -0.3 is 14.5 Å². The molecule has 18 heavy (non-hydrogen) atoms. The molecule has 0 aliphatic rings. The standard InChI is InChI=1S/C13H27BrN2O2/c1-5-15(6-2)9-8-10-16(7-3)11-12(14)13(17)18-4/h12H,5-11H2,1-4H3. The average molecular weight is 323 g/mol. The molecule has 0 aromatic rings. The van der Waals surface area contributed by atoms with Gasteiger partial charge in [-0.2, -0.15) is 0 Å². The summed E-state index contributed by atoms with van der Waals surface area (Å²) < 4.78 is 4.71. The van der Waals surface area contributed by atoms with Crippen LogP contribution in [0.5, 0.6) is 0 Å². The molecule has 0 aromatic carbocycles. The third-order valence-corrected chi connectivity index (χ3v) is 3.83. The van der Waals surface area contributed by atoms with Gasteiger partial charge in [0, 0.05) is 6.54 Å². The van der Waals surface area contributed by atoms with Crippen LogP contribution in [-0.2, 0) is 9.53 Å². The Morgan fingerprint density at radius 2 is 1.61 bits per heavy atom. The summed E-state index contributed by atoms with van der Waals surface area (Å²) in [4.78, 5) is 15.8. The van der Waals surface area contributed by atoms with Gasteiger partial charge in [0.25, 0.3) is 0 Å². The Morgan fingerprint density at radius 1 is 1.11 bits per heavy atom. The van der Waals surface area contributed by atoms with Crippen LogP contribution in [-0.4, -0.2) is 67.0 Å². The van der Waals surface area contributed by atoms with Crippen LogP contribution in [0.3, 0.4) is 0 Å². The van der Waals surface area contributed by atoms with Crippen LogP contribution in [0.4, 0.5) is 0 Å². The molecule has 0 amide bonds. The lowest BCUT2D eigenvalue weighted by Crippen LogP contribution is -2.36. The Kier molecular flexibility index (Phi) is 10.7. The summed E-state index contributed by atoms with van der Waals surface area (Å²) in [7, 11) is 1.42. The van der Waals surface area contributed by atoms with E-state index in [4.69, 9.17) is 4.74 Å². The zero-order valence-electron chi connectivity index (χ0n) is 12.1. The lowest BCUT2D eigenvalue weighted by atomic mass is 10.3. The molecule has 4 nitrogen and oxygen atoms in total. The minimum Gasteiger partial charge on any atom is -0.468 e. The first kappa shape index (κ1) is 17.9. The fourth-order valence-corrected chi connectivity index (χ4v) is 2.46. The van der Waals surface area contributed by atoms with E-state index in [1.54, 1.807) is 0 Å². The van der Waals surface area contributed by atoms with Crippen molar-refractivity contribution in [1.82, 2.24) is 9.80 Å². The topological polar surface area (TPSA) is 32.8 Å². The van der Waals surface area contributed by atoms with Crippen LogP contribution in [0, 0.1) is 0 Å². The van der Waals surface area contributed by atoms with E-state index in [9.17, 15) is 4.79 Å². The summed E-state index contributed by atoms with van der Waals surface area (Å²) in [5.74, 6) is -0.197. The molecule has 0 bridgehead atoms. The van der Waals surface area contributed by atoms with E-state index in [2.05, 4.69) is 46.5 Å². The van der Waals surface area contributed by atoms with Crippen molar-refractivity contribution in [3.05, 3.63) is 0 Å².